The van der Waals surface area contributed by atoms with E-state index in [1.807, 2.05) is 6.07 Å². The van der Waals surface area contributed by atoms with Gasteiger partial charge in [-0.15, -0.1) is 0 Å². The second-order valence-electron chi connectivity index (χ2n) is 5.59. The summed E-state index contributed by atoms with van der Waals surface area (Å²) in [4.78, 5) is 4.53. The molecule has 0 aliphatic heterocycles. The van der Waals surface area contributed by atoms with Gasteiger partial charge in [0, 0.05) is 18.3 Å². The van der Waals surface area contributed by atoms with Crippen LogP contribution in [0.2, 0.25) is 0 Å². The fraction of sp³-hybridized carbons (Fsp3) is 0.667. The van der Waals surface area contributed by atoms with E-state index in [1.165, 1.54) is 24.8 Å². The lowest BCUT2D eigenvalue weighted by Crippen LogP contribution is -2.25. The standard InChI is InChI=1S/C15H24N2O/c1-11(2)9-16-10-13-7-8-15(17-12(13)3)18-14-5-4-6-14/h7-8,11,14,16H,4-6,9-10H2,1-3H3. The number of hydrogen-bond acceptors (Lipinski definition) is 3. The monoisotopic (exact) mass is 248 g/mol. The second kappa shape index (κ2) is 6.19. The average Bonchev–Trinajstić information content (AvgIpc) is 2.26. The zero-order valence-corrected chi connectivity index (χ0v) is 11.7. The molecule has 0 radical (unpaired) electrons. The van der Waals surface area contributed by atoms with Gasteiger partial charge in [-0.25, -0.2) is 4.98 Å². The average molecular weight is 248 g/mol. The molecule has 100 valence electrons. The zero-order chi connectivity index (χ0) is 13.0. The Morgan fingerprint density at radius 1 is 1.39 bits per heavy atom. The van der Waals surface area contributed by atoms with Crippen molar-refractivity contribution in [2.24, 2.45) is 5.92 Å². The molecule has 0 bridgehead atoms. The lowest BCUT2D eigenvalue weighted by Gasteiger charge is -2.26. The van der Waals surface area contributed by atoms with E-state index in [-0.39, 0.29) is 0 Å². The quantitative estimate of drug-likeness (QED) is 0.840. The van der Waals surface area contributed by atoms with Crippen molar-refractivity contribution in [2.75, 3.05) is 6.54 Å². The summed E-state index contributed by atoms with van der Waals surface area (Å²) in [7, 11) is 0. The van der Waals surface area contributed by atoms with Crippen LogP contribution in [-0.2, 0) is 6.54 Å². The highest BCUT2D eigenvalue weighted by Gasteiger charge is 2.19. The van der Waals surface area contributed by atoms with Gasteiger partial charge in [0.1, 0.15) is 6.10 Å². The Morgan fingerprint density at radius 3 is 2.72 bits per heavy atom. The van der Waals surface area contributed by atoms with E-state index in [1.54, 1.807) is 0 Å². The minimum absolute atomic E-state index is 0.404. The molecule has 3 nitrogen and oxygen atoms in total. The van der Waals surface area contributed by atoms with E-state index in [0.29, 0.717) is 12.0 Å². The van der Waals surface area contributed by atoms with E-state index in [9.17, 15) is 0 Å². The van der Waals surface area contributed by atoms with E-state index in [0.717, 1.165) is 24.7 Å². The van der Waals surface area contributed by atoms with E-state index in [2.05, 4.69) is 37.1 Å². The van der Waals surface area contributed by atoms with Crippen molar-refractivity contribution in [1.29, 1.82) is 0 Å². The second-order valence-corrected chi connectivity index (χ2v) is 5.59. The molecule has 1 heterocycles. The number of rotatable bonds is 6. The molecule has 0 amide bonds. The van der Waals surface area contributed by atoms with Crippen LogP contribution in [0.1, 0.15) is 44.4 Å². The highest BCUT2D eigenvalue weighted by Crippen LogP contribution is 2.24. The summed E-state index contributed by atoms with van der Waals surface area (Å²) in [6.07, 6.45) is 4.05. The normalized spacial score (nSPS) is 15.8. The molecule has 3 heteroatoms. The van der Waals surface area contributed by atoms with E-state index in [4.69, 9.17) is 4.74 Å². The molecule has 2 rings (SSSR count). The first-order chi connectivity index (χ1) is 8.65. The van der Waals surface area contributed by atoms with Crippen LogP contribution in [0.15, 0.2) is 12.1 Å². The molecule has 1 aromatic rings. The number of aromatic nitrogens is 1. The number of nitrogens with one attached hydrogen (secondary N) is 1. The van der Waals surface area contributed by atoms with Gasteiger partial charge < -0.3 is 10.1 Å². The van der Waals surface area contributed by atoms with Crippen LogP contribution in [0.3, 0.4) is 0 Å². The summed E-state index contributed by atoms with van der Waals surface area (Å²) >= 11 is 0. The third-order valence-electron chi connectivity index (χ3n) is 3.38. The third kappa shape index (κ3) is 3.70. The van der Waals surface area contributed by atoms with Crippen molar-refractivity contribution in [2.45, 2.75) is 52.7 Å². The Kier molecular flexibility index (Phi) is 4.59. The molecular weight excluding hydrogens is 224 g/mol. The Bertz CT molecular complexity index is 386. The predicted octanol–water partition coefficient (Wildman–Crippen LogP) is 3.07. The molecule has 1 fully saturated rings. The van der Waals surface area contributed by atoms with Crippen molar-refractivity contribution in [3.63, 3.8) is 0 Å². The molecule has 18 heavy (non-hydrogen) atoms. The maximum atomic E-state index is 5.80. The van der Waals surface area contributed by atoms with Crippen molar-refractivity contribution >= 4 is 0 Å². The lowest BCUT2D eigenvalue weighted by atomic mass is 9.96. The fourth-order valence-electron chi connectivity index (χ4n) is 1.97. The van der Waals surface area contributed by atoms with Crippen LogP contribution in [-0.4, -0.2) is 17.6 Å². The van der Waals surface area contributed by atoms with Gasteiger partial charge in [0.05, 0.1) is 0 Å². The van der Waals surface area contributed by atoms with Crippen molar-refractivity contribution in [1.82, 2.24) is 10.3 Å². The molecule has 1 saturated carbocycles. The first-order valence-electron chi connectivity index (χ1n) is 6.99. The topological polar surface area (TPSA) is 34.1 Å². The van der Waals surface area contributed by atoms with Crippen LogP contribution >= 0.6 is 0 Å². The smallest absolute Gasteiger partial charge is 0.213 e. The van der Waals surface area contributed by atoms with Gasteiger partial charge in [-0.2, -0.15) is 0 Å². The highest BCUT2D eigenvalue weighted by molar-refractivity contribution is 5.25. The van der Waals surface area contributed by atoms with Crippen LogP contribution in [0.4, 0.5) is 0 Å². The molecule has 1 aliphatic carbocycles. The summed E-state index contributed by atoms with van der Waals surface area (Å²) in [5, 5.41) is 3.44. The molecule has 0 spiro atoms. The zero-order valence-electron chi connectivity index (χ0n) is 11.7. The number of aryl methyl sites for hydroxylation is 1. The molecule has 0 atom stereocenters. The number of pyridine rings is 1. The number of hydrogen-bond donors (Lipinski definition) is 1. The first-order valence-corrected chi connectivity index (χ1v) is 6.99. The van der Waals surface area contributed by atoms with E-state index >= 15 is 0 Å². The van der Waals surface area contributed by atoms with Crippen molar-refractivity contribution < 1.29 is 4.74 Å². The predicted molar refractivity (Wildman–Crippen MR) is 73.8 cm³/mol. The summed E-state index contributed by atoms with van der Waals surface area (Å²) in [5.74, 6) is 1.46. The van der Waals surface area contributed by atoms with Crippen molar-refractivity contribution in [3.05, 3.63) is 23.4 Å². The minimum atomic E-state index is 0.404. The van der Waals surface area contributed by atoms with Crippen molar-refractivity contribution in [3.8, 4) is 5.88 Å². The number of ether oxygens (including phenoxy) is 1. The summed E-state index contributed by atoms with van der Waals surface area (Å²) in [5.41, 5.74) is 2.33. The first kappa shape index (κ1) is 13.3. The Hall–Kier alpha value is -1.09. The van der Waals surface area contributed by atoms with Gasteiger partial charge in [0.15, 0.2) is 0 Å². The third-order valence-corrected chi connectivity index (χ3v) is 3.38. The molecule has 0 aromatic carbocycles. The largest absolute Gasteiger partial charge is 0.474 e. The number of nitrogens with zero attached hydrogens (tertiary/aromatic N) is 1. The van der Waals surface area contributed by atoms with Crippen LogP contribution < -0.4 is 10.1 Å². The van der Waals surface area contributed by atoms with E-state index < -0.39 is 0 Å². The van der Waals surface area contributed by atoms with Gasteiger partial charge in [-0.1, -0.05) is 19.9 Å². The van der Waals surface area contributed by atoms with Gasteiger partial charge in [-0.05, 0) is 44.2 Å². The van der Waals surface area contributed by atoms with Gasteiger partial charge >= 0.3 is 0 Å². The fourth-order valence-corrected chi connectivity index (χ4v) is 1.97. The summed E-state index contributed by atoms with van der Waals surface area (Å²) in [6, 6.07) is 4.13. The van der Waals surface area contributed by atoms with Gasteiger partial charge in [-0.3, -0.25) is 0 Å². The Balaban J connectivity index is 1.87. The Labute approximate surface area is 110 Å². The van der Waals surface area contributed by atoms with Crippen LogP contribution in [0, 0.1) is 12.8 Å². The molecular formula is C15H24N2O. The minimum Gasteiger partial charge on any atom is -0.474 e. The molecule has 1 aliphatic rings. The lowest BCUT2D eigenvalue weighted by molar-refractivity contribution is 0.114. The van der Waals surface area contributed by atoms with Gasteiger partial charge in [0.25, 0.3) is 0 Å². The molecule has 1 N–H and O–H groups in total. The highest BCUT2D eigenvalue weighted by atomic mass is 16.5. The van der Waals surface area contributed by atoms with Crippen LogP contribution in [0.25, 0.3) is 0 Å². The summed E-state index contributed by atoms with van der Waals surface area (Å²) < 4.78 is 5.80. The summed E-state index contributed by atoms with van der Waals surface area (Å²) in [6.45, 7) is 8.42. The Morgan fingerprint density at radius 2 is 2.17 bits per heavy atom. The molecule has 0 saturated heterocycles. The SMILES string of the molecule is Cc1nc(OC2CCC2)ccc1CNCC(C)C. The molecule has 0 unspecified atom stereocenters. The van der Waals surface area contributed by atoms with Crippen LogP contribution in [0.5, 0.6) is 5.88 Å². The van der Waals surface area contributed by atoms with Gasteiger partial charge in [0.2, 0.25) is 5.88 Å². The molecule has 1 aromatic heterocycles. The maximum absolute atomic E-state index is 5.80. The maximum Gasteiger partial charge on any atom is 0.213 e.